The Balaban J connectivity index is 2.09. The molecule has 1 aliphatic rings. The Kier molecular flexibility index (Phi) is 3.47. The molecule has 3 rings (SSSR count). The zero-order valence-corrected chi connectivity index (χ0v) is 12.8. The van der Waals surface area contributed by atoms with Crippen molar-refractivity contribution in [2.75, 3.05) is 0 Å². The number of benzene rings is 1. The Bertz CT molecular complexity index is 689. The molecular formula is C17H22N2O2. The molecule has 1 N–H and O–H groups in total. The summed E-state index contributed by atoms with van der Waals surface area (Å²) in [5, 5.41) is 9.32. The van der Waals surface area contributed by atoms with Crippen LogP contribution in [0.5, 0.6) is 0 Å². The lowest BCUT2D eigenvalue weighted by atomic mass is 9.79. The standard InChI is InChI=1S/C17H22N2O2/c1-10-7-8-13(9-11(10)2)19-12(3)18-16-14(17(20)21)5-4-6-15(16)19/h4-6,10-11,13H,7-9H2,1-3H3,(H,20,21). The van der Waals surface area contributed by atoms with E-state index in [1.807, 2.05) is 19.1 Å². The first-order chi connectivity index (χ1) is 9.99. The summed E-state index contributed by atoms with van der Waals surface area (Å²) in [6, 6.07) is 5.88. The van der Waals surface area contributed by atoms with Crippen molar-refractivity contribution in [3.63, 3.8) is 0 Å². The second-order valence-electron chi connectivity index (χ2n) is 6.43. The molecule has 0 spiro atoms. The van der Waals surface area contributed by atoms with Gasteiger partial charge in [0.2, 0.25) is 0 Å². The van der Waals surface area contributed by atoms with Crippen molar-refractivity contribution >= 4 is 17.0 Å². The summed E-state index contributed by atoms with van der Waals surface area (Å²) >= 11 is 0. The summed E-state index contributed by atoms with van der Waals surface area (Å²) in [5.41, 5.74) is 1.87. The fourth-order valence-corrected chi connectivity index (χ4v) is 3.62. The van der Waals surface area contributed by atoms with Crippen molar-refractivity contribution in [1.82, 2.24) is 9.55 Å². The van der Waals surface area contributed by atoms with Gasteiger partial charge < -0.3 is 9.67 Å². The lowest BCUT2D eigenvalue weighted by Crippen LogP contribution is -2.23. The largest absolute Gasteiger partial charge is 0.478 e. The molecule has 0 bridgehead atoms. The van der Waals surface area contributed by atoms with Crippen LogP contribution in [0.4, 0.5) is 0 Å². The number of hydrogen-bond acceptors (Lipinski definition) is 2. The Morgan fingerprint density at radius 2 is 2.05 bits per heavy atom. The maximum atomic E-state index is 11.4. The number of carboxylic acids is 1. The zero-order chi connectivity index (χ0) is 15.1. The van der Waals surface area contributed by atoms with Gasteiger partial charge in [-0.2, -0.15) is 0 Å². The van der Waals surface area contributed by atoms with E-state index in [9.17, 15) is 9.90 Å². The molecule has 0 aliphatic heterocycles. The second-order valence-corrected chi connectivity index (χ2v) is 6.43. The average molecular weight is 286 g/mol. The van der Waals surface area contributed by atoms with Gasteiger partial charge in [-0.25, -0.2) is 9.78 Å². The smallest absolute Gasteiger partial charge is 0.337 e. The minimum Gasteiger partial charge on any atom is -0.478 e. The van der Waals surface area contributed by atoms with E-state index in [1.54, 1.807) is 6.07 Å². The van der Waals surface area contributed by atoms with Gasteiger partial charge in [-0.15, -0.1) is 0 Å². The van der Waals surface area contributed by atoms with E-state index in [4.69, 9.17) is 0 Å². The molecule has 4 nitrogen and oxygen atoms in total. The van der Waals surface area contributed by atoms with Crippen molar-refractivity contribution in [3.05, 3.63) is 29.6 Å². The molecule has 1 aromatic heterocycles. The van der Waals surface area contributed by atoms with Crippen molar-refractivity contribution in [2.24, 2.45) is 11.8 Å². The van der Waals surface area contributed by atoms with Gasteiger partial charge in [-0.3, -0.25) is 0 Å². The third-order valence-electron chi connectivity index (χ3n) is 5.06. The summed E-state index contributed by atoms with van der Waals surface area (Å²) < 4.78 is 2.25. The van der Waals surface area contributed by atoms with E-state index in [2.05, 4.69) is 23.4 Å². The van der Waals surface area contributed by atoms with Gasteiger partial charge in [0.25, 0.3) is 0 Å². The maximum absolute atomic E-state index is 11.4. The minimum atomic E-state index is -0.907. The van der Waals surface area contributed by atoms with Crippen LogP contribution in [0.1, 0.15) is 55.3 Å². The van der Waals surface area contributed by atoms with Crippen LogP contribution in [0, 0.1) is 18.8 Å². The number of aromatic nitrogens is 2. The van der Waals surface area contributed by atoms with Crippen LogP contribution in [0.15, 0.2) is 18.2 Å². The first-order valence-corrected chi connectivity index (χ1v) is 7.70. The molecular weight excluding hydrogens is 264 g/mol. The number of aryl methyl sites for hydroxylation is 1. The van der Waals surface area contributed by atoms with Gasteiger partial charge in [0.05, 0.1) is 11.1 Å². The number of carbonyl (C=O) groups is 1. The van der Waals surface area contributed by atoms with E-state index in [0.29, 0.717) is 23.0 Å². The Morgan fingerprint density at radius 3 is 2.71 bits per heavy atom. The molecule has 0 amide bonds. The van der Waals surface area contributed by atoms with Gasteiger partial charge in [0.15, 0.2) is 0 Å². The van der Waals surface area contributed by atoms with Crippen molar-refractivity contribution < 1.29 is 9.90 Å². The Hall–Kier alpha value is -1.84. The predicted octanol–water partition coefficient (Wildman–Crippen LogP) is 4.04. The number of fused-ring (bicyclic) bond motifs is 1. The zero-order valence-electron chi connectivity index (χ0n) is 12.8. The first kappa shape index (κ1) is 14.1. The Morgan fingerprint density at radius 1 is 1.29 bits per heavy atom. The topological polar surface area (TPSA) is 55.1 Å². The highest BCUT2D eigenvalue weighted by molar-refractivity contribution is 6.01. The van der Waals surface area contributed by atoms with Crippen LogP contribution in [0.25, 0.3) is 11.0 Å². The number of nitrogens with zero attached hydrogens (tertiary/aromatic N) is 2. The van der Waals surface area contributed by atoms with Gasteiger partial charge >= 0.3 is 5.97 Å². The molecule has 3 unspecified atom stereocenters. The summed E-state index contributed by atoms with van der Waals surface area (Å²) in [6.45, 7) is 6.62. The summed E-state index contributed by atoms with van der Waals surface area (Å²) in [6.07, 6.45) is 3.52. The number of para-hydroxylation sites is 1. The third kappa shape index (κ3) is 2.33. The van der Waals surface area contributed by atoms with Crippen LogP contribution in [0.2, 0.25) is 0 Å². The minimum absolute atomic E-state index is 0.298. The van der Waals surface area contributed by atoms with Crippen LogP contribution in [0.3, 0.4) is 0 Å². The lowest BCUT2D eigenvalue weighted by molar-refractivity contribution is 0.0699. The van der Waals surface area contributed by atoms with Crippen LogP contribution in [-0.2, 0) is 0 Å². The monoisotopic (exact) mass is 286 g/mol. The van der Waals surface area contributed by atoms with E-state index >= 15 is 0 Å². The average Bonchev–Trinajstić information content (AvgIpc) is 2.77. The molecule has 0 radical (unpaired) electrons. The van der Waals surface area contributed by atoms with Gasteiger partial charge in [0.1, 0.15) is 11.3 Å². The molecule has 112 valence electrons. The van der Waals surface area contributed by atoms with E-state index in [0.717, 1.165) is 30.1 Å². The second kappa shape index (κ2) is 5.17. The lowest BCUT2D eigenvalue weighted by Gasteiger charge is -2.33. The highest BCUT2D eigenvalue weighted by Gasteiger charge is 2.28. The van der Waals surface area contributed by atoms with Gasteiger partial charge in [-0.1, -0.05) is 19.9 Å². The van der Waals surface area contributed by atoms with Crippen LogP contribution in [-0.4, -0.2) is 20.6 Å². The summed E-state index contributed by atoms with van der Waals surface area (Å²) in [7, 11) is 0. The number of hydrogen-bond donors (Lipinski definition) is 1. The molecule has 1 aliphatic carbocycles. The number of rotatable bonds is 2. The van der Waals surface area contributed by atoms with Gasteiger partial charge in [0, 0.05) is 6.04 Å². The molecule has 1 saturated carbocycles. The molecule has 4 heteroatoms. The maximum Gasteiger partial charge on any atom is 0.337 e. The third-order valence-corrected chi connectivity index (χ3v) is 5.06. The van der Waals surface area contributed by atoms with Gasteiger partial charge in [-0.05, 0) is 50.2 Å². The normalized spacial score (nSPS) is 26.1. The SMILES string of the molecule is Cc1nc2c(C(=O)O)cccc2n1C1CCC(C)C(C)C1. The molecule has 1 heterocycles. The predicted molar refractivity (Wildman–Crippen MR) is 82.6 cm³/mol. The molecule has 21 heavy (non-hydrogen) atoms. The van der Waals surface area contributed by atoms with Crippen LogP contribution < -0.4 is 0 Å². The van der Waals surface area contributed by atoms with Crippen molar-refractivity contribution in [2.45, 2.75) is 46.1 Å². The van der Waals surface area contributed by atoms with Crippen LogP contribution >= 0.6 is 0 Å². The molecule has 2 aromatic rings. The number of imidazole rings is 1. The number of aromatic carboxylic acids is 1. The van der Waals surface area contributed by atoms with E-state index < -0.39 is 5.97 Å². The molecule has 0 saturated heterocycles. The molecule has 1 fully saturated rings. The quantitative estimate of drug-likeness (QED) is 0.906. The molecule has 1 aromatic carbocycles. The van der Waals surface area contributed by atoms with E-state index in [1.165, 1.54) is 6.42 Å². The molecule has 3 atom stereocenters. The van der Waals surface area contributed by atoms with Crippen molar-refractivity contribution in [3.8, 4) is 0 Å². The highest BCUT2D eigenvalue weighted by atomic mass is 16.4. The number of carboxylic acid groups (broad SMARTS) is 1. The van der Waals surface area contributed by atoms with E-state index in [-0.39, 0.29) is 0 Å². The highest BCUT2D eigenvalue weighted by Crippen LogP contribution is 2.38. The summed E-state index contributed by atoms with van der Waals surface area (Å²) in [5.74, 6) is 1.48. The fraction of sp³-hybridized carbons (Fsp3) is 0.529. The fourth-order valence-electron chi connectivity index (χ4n) is 3.62. The Labute approximate surface area is 124 Å². The summed E-state index contributed by atoms with van der Waals surface area (Å²) in [4.78, 5) is 15.9. The first-order valence-electron chi connectivity index (χ1n) is 7.70. The van der Waals surface area contributed by atoms with Crippen molar-refractivity contribution in [1.29, 1.82) is 0 Å².